The van der Waals surface area contributed by atoms with Crippen LogP contribution in [-0.4, -0.2) is 49.3 Å². The van der Waals surface area contributed by atoms with Gasteiger partial charge in [0.15, 0.2) is 11.6 Å². The third-order valence-corrected chi connectivity index (χ3v) is 5.56. The lowest BCUT2D eigenvalue weighted by Gasteiger charge is -2.28. The Hall–Kier alpha value is -3.51. The van der Waals surface area contributed by atoms with Crippen molar-refractivity contribution >= 4 is 5.91 Å². The highest BCUT2D eigenvalue weighted by molar-refractivity contribution is 5.98. The van der Waals surface area contributed by atoms with Crippen LogP contribution in [0.5, 0.6) is 0 Å². The number of aryl methyl sites for hydroxylation is 1. The van der Waals surface area contributed by atoms with Gasteiger partial charge in [0.25, 0.3) is 11.8 Å². The van der Waals surface area contributed by atoms with E-state index in [1.165, 1.54) is 12.4 Å². The van der Waals surface area contributed by atoms with Gasteiger partial charge >= 0.3 is 6.18 Å². The number of likely N-dealkylation sites (tertiary alicyclic amines) is 1. The second kappa shape index (κ2) is 8.69. The first-order chi connectivity index (χ1) is 16.0. The van der Waals surface area contributed by atoms with Crippen LogP contribution >= 0.6 is 0 Å². The molecule has 1 amide bonds. The number of halogens is 7. The maximum Gasteiger partial charge on any atom is 0.417 e. The minimum atomic E-state index is -4.59. The monoisotopic (exact) mass is 487 g/mol. The number of amides is 1. The minimum absolute atomic E-state index is 0.112. The van der Waals surface area contributed by atoms with Gasteiger partial charge in [-0.2, -0.15) is 28.2 Å². The molecule has 3 aromatic rings. The zero-order valence-electron chi connectivity index (χ0n) is 17.2. The summed E-state index contributed by atoms with van der Waals surface area (Å²) in [5, 5.41) is 7.57. The Labute approximate surface area is 188 Å². The van der Waals surface area contributed by atoms with Gasteiger partial charge in [-0.25, -0.2) is 17.6 Å². The van der Waals surface area contributed by atoms with Crippen molar-refractivity contribution in [2.45, 2.75) is 37.4 Å². The summed E-state index contributed by atoms with van der Waals surface area (Å²) in [5.74, 6) is -7.41. The molecule has 34 heavy (non-hydrogen) atoms. The molecule has 180 valence electrons. The lowest BCUT2D eigenvalue weighted by molar-refractivity contribution is -0.137. The van der Waals surface area contributed by atoms with Crippen LogP contribution in [0.25, 0.3) is 5.69 Å². The van der Waals surface area contributed by atoms with E-state index in [4.69, 9.17) is 0 Å². The van der Waals surface area contributed by atoms with Crippen LogP contribution in [0.3, 0.4) is 0 Å². The first-order valence-corrected chi connectivity index (χ1v) is 10.0. The average molecular weight is 487 g/mol. The van der Waals surface area contributed by atoms with Gasteiger partial charge in [0.2, 0.25) is 0 Å². The molecule has 1 fully saturated rings. The summed E-state index contributed by atoms with van der Waals surface area (Å²) in [7, 11) is 0. The highest BCUT2D eigenvalue weighted by Gasteiger charge is 2.51. The maximum absolute atomic E-state index is 14.7. The van der Waals surface area contributed by atoms with E-state index in [1.54, 1.807) is 0 Å². The number of nitrogens with zero attached hydrogens (tertiary/aromatic N) is 5. The number of pyridine rings is 1. The Morgan fingerprint density at radius 1 is 1.09 bits per heavy atom. The van der Waals surface area contributed by atoms with Crippen molar-refractivity contribution in [2.24, 2.45) is 0 Å². The Bertz CT molecular complexity index is 1180. The Kier molecular flexibility index (Phi) is 6.04. The second-order valence-electron chi connectivity index (χ2n) is 7.67. The molecular formula is C21H16F7N5O. The van der Waals surface area contributed by atoms with Crippen LogP contribution in [0.15, 0.2) is 42.9 Å². The number of hydrogen-bond donors (Lipinski definition) is 0. The summed E-state index contributed by atoms with van der Waals surface area (Å²) in [6, 6.07) is 1.96. The fourth-order valence-corrected chi connectivity index (χ4v) is 3.85. The van der Waals surface area contributed by atoms with Gasteiger partial charge in [0.05, 0.1) is 24.0 Å². The molecule has 1 saturated heterocycles. The van der Waals surface area contributed by atoms with Crippen LogP contribution in [-0.2, 0) is 12.6 Å². The Morgan fingerprint density at radius 2 is 1.79 bits per heavy atom. The standard InChI is InChI=1S/C21H16F7N5O/c22-14-4-5-15(33-30-8-9-31-33)17(18(14)23)19(34)32-10-7-20(24,25)16(32)6-3-13-2-1-12(11-29-13)21(26,27)28/h1-2,4-5,8-9,11,16H,3,6-7,10H2/t16-/m1/s1. The van der Waals surface area contributed by atoms with Crippen LogP contribution in [0.1, 0.15) is 34.5 Å². The molecule has 1 atom stereocenters. The maximum atomic E-state index is 14.7. The first kappa shape index (κ1) is 23.6. The van der Waals surface area contributed by atoms with Crippen molar-refractivity contribution in [1.29, 1.82) is 0 Å². The van der Waals surface area contributed by atoms with Crippen molar-refractivity contribution in [1.82, 2.24) is 24.9 Å². The third-order valence-electron chi connectivity index (χ3n) is 5.56. The van der Waals surface area contributed by atoms with Gasteiger partial charge < -0.3 is 4.90 Å². The van der Waals surface area contributed by atoms with E-state index in [9.17, 15) is 35.5 Å². The van der Waals surface area contributed by atoms with Crippen molar-refractivity contribution in [3.8, 4) is 5.69 Å². The first-order valence-electron chi connectivity index (χ1n) is 10.0. The lowest BCUT2D eigenvalue weighted by Crippen LogP contribution is -2.43. The SMILES string of the molecule is O=C(c1c(-n2nccn2)ccc(F)c1F)N1CCC(F)(F)[C@H]1CCc1ccc(C(F)(F)F)cn1. The molecule has 0 aliphatic carbocycles. The van der Waals surface area contributed by atoms with E-state index in [-0.39, 0.29) is 24.2 Å². The van der Waals surface area contributed by atoms with Crippen molar-refractivity contribution in [2.75, 3.05) is 6.54 Å². The smallest absolute Gasteiger partial charge is 0.329 e. The molecule has 0 N–H and O–H groups in total. The van der Waals surface area contributed by atoms with Crippen molar-refractivity contribution in [3.63, 3.8) is 0 Å². The minimum Gasteiger partial charge on any atom is -0.329 e. The molecule has 0 unspecified atom stereocenters. The van der Waals surface area contributed by atoms with E-state index in [0.29, 0.717) is 6.20 Å². The van der Waals surface area contributed by atoms with Gasteiger partial charge in [-0.1, -0.05) is 0 Å². The highest BCUT2D eigenvalue weighted by atomic mass is 19.4. The van der Waals surface area contributed by atoms with Crippen LogP contribution in [0.2, 0.25) is 0 Å². The number of hydrogen-bond acceptors (Lipinski definition) is 4. The number of alkyl halides is 5. The summed E-state index contributed by atoms with van der Waals surface area (Å²) in [6.45, 7) is -0.432. The molecule has 1 aliphatic heterocycles. The van der Waals surface area contributed by atoms with E-state index in [0.717, 1.165) is 34.0 Å². The molecule has 2 aromatic heterocycles. The molecule has 0 spiro atoms. The fraction of sp³-hybridized carbons (Fsp3) is 0.333. The third kappa shape index (κ3) is 4.46. The molecule has 0 bridgehead atoms. The van der Waals surface area contributed by atoms with Gasteiger partial charge in [0.1, 0.15) is 11.3 Å². The zero-order valence-corrected chi connectivity index (χ0v) is 17.2. The Balaban J connectivity index is 1.61. The quantitative estimate of drug-likeness (QED) is 0.500. The highest BCUT2D eigenvalue weighted by Crippen LogP contribution is 2.38. The summed E-state index contributed by atoms with van der Waals surface area (Å²) in [5.41, 5.74) is -1.90. The summed E-state index contributed by atoms with van der Waals surface area (Å²) in [6.07, 6.45) is -2.76. The van der Waals surface area contributed by atoms with Crippen molar-refractivity contribution in [3.05, 3.63) is 71.3 Å². The van der Waals surface area contributed by atoms with E-state index >= 15 is 0 Å². The molecule has 6 nitrogen and oxygen atoms in total. The molecular weight excluding hydrogens is 471 g/mol. The fourth-order valence-electron chi connectivity index (χ4n) is 3.85. The molecule has 13 heteroatoms. The molecule has 0 radical (unpaired) electrons. The average Bonchev–Trinajstić information content (AvgIpc) is 3.41. The van der Waals surface area contributed by atoms with Gasteiger partial charge in [-0.3, -0.25) is 9.78 Å². The lowest BCUT2D eigenvalue weighted by atomic mass is 10.0. The van der Waals surface area contributed by atoms with E-state index in [1.807, 2.05) is 0 Å². The van der Waals surface area contributed by atoms with Crippen LogP contribution < -0.4 is 0 Å². The zero-order chi connectivity index (χ0) is 24.7. The normalized spacial score (nSPS) is 17.9. The summed E-state index contributed by atoms with van der Waals surface area (Å²) < 4.78 is 96.0. The van der Waals surface area contributed by atoms with Crippen LogP contribution in [0, 0.1) is 11.6 Å². The molecule has 1 aromatic carbocycles. The molecule has 1 aliphatic rings. The topological polar surface area (TPSA) is 63.9 Å². The number of rotatable bonds is 5. The number of carbonyl (C=O) groups excluding carboxylic acids is 1. The summed E-state index contributed by atoms with van der Waals surface area (Å²) >= 11 is 0. The van der Waals surface area contributed by atoms with Gasteiger partial charge in [-0.15, -0.1) is 0 Å². The predicted molar refractivity (Wildman–Crippen MR) is 103 cm³/mol. The largest absolute Gasteiger partial charge is 0.417 e. The molecule has 0 saturated carbocycles. The predicted octanol–water partition coefficient (Wildman–Crippen LogP) is 4.44. The van der Waals surface area contributed by atoms with Crippen LogP contribution in [0.4, 0.5) is 30.7 Å². The van der Waals surface area contributed by atoms with E-state index in [2.05, 4.69) is 15.2 Å². The second-order valence-corrected chi connectivity index (χ2v) is 7.67. The molecule has 4 rings (SSSR count). The number of aromatic nitrogens is 4. The number of carbonyl (C=O) groups is 1. The van der Waals surface area contributed by atoms with Gasteiger partial charge in [-0.05, 0) is 37.1 Å². The van der Waals surface area contributed by atoms with Gasteiger partial charge in [0, 0.05) is 24.9 Å². The Morgan fingerprint density at radius 3 is 2.41 bits per heavy atom. The van der Waals surface area contributed by atoms with Crippen molar-refractivity contribution < 1.29 is 35.5 Å². The summed E-state index contributed by atoms with van der Waals surface area (Å²) in [4.78, 5) is 18.4. The number of benzene rings is 1. The molecule has 3 heterocycles. The van der Waals surface area contributed by atoms with E-state index < -0.39 is 59.8 Å².